The van der Waals surface area contributed by atoms with E-state index in [1.165, 1.54) is 11.3 Å². The van der Waals surface area contributed by atoms with Gasteiger partial charge < -0.3 is 5.73 Å². The number of benzene rings is 1. The standard InChI is InChI=1S/C13H17N3O2S2/c1-2-3-7-15-20(17,18)11-6-4-5-10(8-11)12-9-19-13(14)16-12/h4-6,8-9,15H,2-3,7H2,1H3,(H2,14,16). The molecule has 0 aliphatic heterocycles. The minimum atomic E-state index is -3.46. The smallest absolute Gasteiger partial charge is 0.240 e. The Balaban J connectivity index is 2.25. The van der Waals surface area contributed by atoms with Gasteiger partial charge in [0, 0.05) is 17.5 Å². The predicted molar refractivity (Wildman–Crippen MR) is 82.1 cm³/mol. The number of nitrogen functional groups attached to an aromatic ring is 1. The number of nitrogens with one attached hydrogen (secondary N) is 1. The maximum atomic E-state index is 12.1. The van der Waals surface area contributed by atoms with Crippen LogP contribution in [0.3, 0.4) is 0 Å². The van der Waals surface area contributed by atoms with E-state index >= 15 is 0 Å². The zero-order valence-corrected chi connectivity index (χ0v) is 12.8. The van der Waals surface area contributed by atoms with Gasteiger partial charge in [0.25, 0.3) is 0 Å². The first-order chi connectivity index (χ1) is 9.53. The number of anilines is 1. The molecule has 0 saturated heterocycles. The van der Waals surface area contributed by atoms with Crippen LogP contribution in [0, 0.1) is 0 Å². The van der Waals surface area contributed by atoms with Crippen LogP contribution in [0.5, 0.6) is 0 Å². The molecule has 5 nitrogen and oxygen atoms in total. The molecule has 0 aliphatic rings. The topological polar surface area (TPSA) is 85.1 Å². The molecule has 0 aliphatic carbocycles. The van der Waals surface area contributed by atoms with Gasteiger partial charge in [-0.25, -0.2) is 18.1 Å². The molecular formula is C13H17N3O2S2. The van der Waals surface area contributed by atoms with Gasteiger partial charge >= 0.3 is 0 Å². The third-order valence-electron chi connectivity index (χ3n) is 2.78. The zero-order valence-electron chi connectivity index (χ0n) is 11.2. The first-order valence-electron chi connectivity index (χ1n) is 6.34. The molecule has 0 atom stereocenters. The van der Waals surface area contributed by atoms with E-state index in [1.54, 1.807) is 18.2 Å². The Morgan fingerprint density at radius 2 is 2.20 bits per heavy atom. The van der Waals surface area contributed by atoms with Crippen molar-refractivity contribution < 1.29 is 8.42 Å². The molecule has 0 bridgehead atoms. The molecule has 2 aromatic rings. The van der Waals surface area contributed by atoms with Crippen molar-refractivity contribution in [1.82, 2.24) is 9.71 Å². The summed E-state index contributed by atoms with van der Waals surface area (Å²) in [5, 5.41) is 2.28. The molecule has 0 saturated carbocycles. The number of aromatic nitrogens is 1. The van der Waals surface area contributed by atoms with Crippen LogP contribution in [0.1, 0.15) is 19.8 Å². The largest absolute Gasteiger partial charge is 0.375 e. The van der Waals surface area contributed by atoms with E-state index in [1.807, 2.05) is 18.4 Å². The first-order valence-corrected chi connectivity index (χ1v) is 8.70. The summed E-state index contributed by atoms with van der Waals surface area (Å²) in [5.74, 6) is 0. The minimum absolute atomic E-state index is 0.248. The highest BCUT2D eigenvalue weighted by Gasteiger charge is 2.14. The molecule has 1 aromatic carbocycles. The SMILES string of the molecule is CCCCNS(=O)(=O)c1cccc(-c2csc(N)n2)c1. The van der Waals surface area contributed by atoms with Crippen LogP contribution in [-0.2, 0) is 10.0 Å². The van der Waals surface area contributed by atoms with Gasteiger partial charge in [-0.05, 0) is 18.6 Å². The number of nitrogens with zero attached hydrogens (tertiary/aromatic N) is 1. The van der Waals surface area contributed by atoms with E-state index in [2.05, 4.69) is 9.71 Å². The van der Waals surface area contributed by atoms with Gasteiger partial charge in [0.05, 0.1) is 10.6 Å². The number of rotatable bonds is 6. The molecular weight excluding hydrogens is 294 g/mol. The van der Waals surface area contributed by atoms with E-state index in [0.29, 0.717) is 17.4 Å². The Labute approximate surface area is 122 Å². The lowest BCUT2D eigenvalue weighted by Crippen LogP contribution is -2.24. The third kappa shape index (κ3) is 3.56. The average Bonchev–Trinajstić information content (AvgIpc) is 2.86. The fourth-order valence-corrected chi connectivity index (χ4v) is 3.40. The van der Waals surface area contributed by atoms with E-state index in [-0.39, 0.29) is 4.90 Å². The summed E-state index contributed by atoms with van der Waals surface area (Å²) in [7, 11) is -3.46. The molecule has 0 radical (unpaired) electrons. The van der Waals surface area contributed by atoms with E-state index < -0.39 is 10.0 Å². The van der Waals surface area contributed by atoms with Gasteiger partial charge in [0.2, 0.25) is 10.0 Å². The Morgan fingerprint density at radius 1 is 1.40 bits per heavy atom. The van der Waals surface area contributed by atoms with Crippen molar-refractivity contribution >= 4 is 26.5 Å². The van der Waals surface area contributed by atoms with Crippen molar-refractivity contribution in [2.45, 2.75) is 24.7 Å². The van der Waals surface area contributed by atoms with Crippen molar-refractivity contribution in [2.24, 2.45) is 0 Å². The molecule has 0 spiro atoms. The maximum absolute atomic E-state index is 12.1. The number of sulfonamides is 1. The van der Waals surface area contributed by atoms with Crippen molar-refractivity contribution in [3.8, 4) is 11.3 Å². The Bertz CT molecular complexity index is 680. The first kappa shape index (κ1) is 15.0. The number of nitrogens with two attached hydrogens (primary N) is 1. The number of unbranched alkanes of at least 4 members (excludes halogenated alkanes) is 1. The highest BCUT2D eigenvalue weighted by molar-refractivity contribution is 7.89. The summed E-state index contributed by atoms with van der Waals surface area (Å²) >= 11 is 1.33. The van der Waals surface area contributed by atoms with E-state index in [4.69, 9.17) is 5.73 Å². The molecule has 2 rings (SSSR count). The Hall–Kier alpha value is -1.44. The summed E-state index contributed by atoms with van der Waals surface area (Å²) in [6.07, 6.45) is 1.77. The van der Waals surface area contributed by atoms with Crippen LogP contribution in [0.2, 0.25) is 0 Å². The molecule has 108 valence electrons. The quantitative estimate of drug-likeness (QED) is 0.803. The second kappa shape index (κ2) is 6.34. The van der Waals surface area contributed by atoms with Crippen molar-refractivity contribution in [2.75, 3.05) is 12.3 Å². The van der Waals surface area contributed by atoms with Gasteiger partial charge in [-0.2, -0.15) is 0 Å². The molecule has 1 aromatic heterocycles. The second-order valence-electron chi connectivity index (χ2n) is 4.35. The number of hydrogen-bond donors (Lipinski definition) is 2. The molecule has 7 heteroatoms. The summed E-state index contributed by atoms with van der Waals surface area (Å²) in [6, 6.07) is 6.72. The summed E-state index contributed by atoms with van der Waals surface area (Å²) in [6.45, 7) is 2.47. The van der Waals surface area contributed by atoms with Crippen molar-refractivity contribution in [3.63, 3.8) is 0 Å². The van der Waals surface area contributed by atoms with Gasteiger partial charge in [0.15, 0.2) is 5.13 Å². The van der Waals surface area contributed by atoms with Gasteiger partial charge in [-0.3, -0.25) is 0 Å². The summed E-state index contributed by atoms with van der Waals surface area (Å²) < 4.78 is 26.9. The van der Waals surface area contributed by atoms with Crippen molar-refractivity contribution in [1.29, 1.82) is 0 Å². The summed E-state index contributed by atoms with van der Waals surface area (Å²) in [4.78, 5) is 4.41. The highest BCUT2D eigenvalue weighted by atomic mass is 32.2. The van der Waals surface area contributed by atoms with E-state index in [9.17, 15) is 8.42 Å². The normalized spacial score (nSPS) is 11.7. The van der Waals surface area contributed by atoms with Crippen LogP contribution in [0.4, 0.5) is 5.13 Å². The number of hydrogen-bond acceptors (Lipinski definition) is 5. The maximum Gasteiger partial charge on any atom is 0.240 e. The van der Waals surface area contributed by atoms with Gasteiger partial charge in [-0.1, -0.05) is 25.5 Å². The molecule has 0 unspecified atom stereocenters. The van der Waals surface area contributed by atoms with Crippen LogP contribution < -0.4 is 10.5 Å². The lowest BCUT2D eigenvalue weighted by Gasteiger charge is -2.07. The fourth-order valence-electron chi connectivity index (χ4n) is 1.71. The lowest BCUT2D eigenvalue weighted by molar-refractivity contribution is 0.578. The van der Waals surface area contributed by atoms with Gasteiger partial charge in [-0.15, -0.1) is 11.3 Å². The fraction of sp³-hybridized carbons (Fsp3) is 0.308. The number of thiazole rings is 1. The highest BCUT2D eigenvalue weighted by Crippen LogP contribution is 2.25. The van der Waals surface area contributed by atoms with Crippen molar-refractivity contribution in [3.05, 3.63) is 29.6 Å². The van der Waals surface area contributed by atoms with Crippen LogP contribution in [-0.4, -0.2) is 19.9 Å². The summed E-state index contributed by atoms with van der Waals surface area (Å²) in [5.41, 5.74) is 7.04. The molecule has 20 heavy (non-hydrogen) atoms. The zero-order chi connectivity index (χ0) is 14.6. The van der Waals surface area contributed by atoms with Crippen LogP contribution >= 0.6 is 11.3 Å². The monoisotopic (exact) mass is 311 g/mol. The predicted octanol–water partition coefficient (Wildman–Crippen LogP) is 2.47. The average molecular weight is 311 g/mol. The molecule has 0 amide bonds. The molecule has 3 N–H and O–H groups in total. The molecule has 1 heterocycles. The van der Waals surface area contributed by atoms with Gasteiger partial charge in [0.1, 0.15) is 0 Å². The van der Waals surface area contributed by atoms with E-state index in [0.717, 1.165) is 18.4 Å². The Morgan fingerprint density at radius 3 is 2.85 bits per heavy atom. The van der Waals surface area contributed by atoms with Crippen LogP contribution in [0.15, 0.2) is 34.5 Å². The minimum Gasteiger partial charge on any atom is -0.375 e. The molecule has 0 fully saturated rings. The second-order valence-corrected chi connectivity index (χ2v) is 7.01. The van der Waals surface area contributed by atoms with Crippen LogP contribution in [0.25, 0.3) is 11.3 Å². The third-order valence-corrected chi connectivity index (χ3v) is 4.92. The lowest BCUT2D eigenvalue weighted by atomic mass is 10.2. The Kier molecular flexibility index (Phi) is 4.74.